The number of hydrogen-bond acceptors (Lipinski definition) is 3. The molecule has 2 aliphatic heterocycles. The highest BCUT2D eigenvalue weighted by atomic mass is 16.5. The number of rotatable bonds is 2. The van der Waals surface area contributed by atoms with Gasteiger partial charge in [0.05, 0.1) is 5.60 Å². The van der Waals surface area contributed by atoms with E-state index in [1.807, 2.05) is 0 Å². The molecule has 0 aromatic rings. The van der Waals surface area contributed by atoms with Gasteiger partial charge in [-0.1, -0.05) is 27.7 Å². The Balaban J connectivity index is 1.70. The summed E-state index contributed by atoms with van der Waals surface area (Å²) in [7, 11) is 0. The highest BCUT2D eigenvalue weighted by Crippen LogP contribution is 2.69. The SMILES string of the molecule is CC1(C)C(C(=O)C2CCOC3(CCOCC3)C2)C1(C)C. The van der Waals surface area contributed by atoms with E-state index in [-0.39, 0.29) is 28.3 Å². The molecule has 1 unspecified atom stereocenters. The van der Waals surface area contributed by atoms with Crippen molar-refractivity contribution in [2.45, 2.75) is 59.0 Å². The van der Waals surface area contributed by atoms with Crippen LogP contribution in [0.1, 0.15) is 53.4 Å². The van der Waals surface area contributed by atoms with Crippen LogP contribution in [0.25, 0.3) is 0 Å². The van der Waals surface area contributed by atoms with E-state index in [1.54, 1.807) is 0 Å². The molecule has 1 spiro atoms. The van der Waals surface area contributed by atoms with Crippen molar-refractivity contribution in [1.29, 1.82) is 0 Å². The van der Waals surface area contributed by atoms with Gasteiger partial charge in [0.15, 0.2) is 0 Å². The lowest BCUT2D eigenvalue weighted by molar-refractivity contribution is -0.158. The Kier molecular flexibility index (Phi) is 3.30. The van der Waals surface area contributed by atoms with Crippen molar-refractivity contribution in [3.63, 3.8) is 0 Å². The number of ketones is 1. The van der Waals surface area contributed by atoms with Crippen LogP contribution >= 0.6 is 0 Å². The van der Waals surface area contributed by atoms with Gasteiger partial charge in [0.25, 0.3) is 0 Å². The van der Waals surface area contributed by atoms with Crippen LogP contribution in [0.5, 0.6) is 0 Å². The third-order valence-electron chi connectivity index (χ3n) is 6.60. The van der Waals surface area contributed by atoms with E-state index in [0.29, 0.717) is 5.78 Å². The normalized spacial score (nSPS) is 34.9. The number of hydrogen-bond donors (Lipinski definition) is 0. The smallest absolute Gasteiger partial charge is 0.140 e. The molecule has 2 heterocycles. The van der Waals surface area contributed by atoms with Crippen molar-refractivity contribution in [3.05, 3.63) is 0 Å². The van der Waals surface area contributed by atoms with Gasteiger partial charge in [-0.15, -0.1) is 0 Å². The maximum Gasteiger partial charge on any atom is 0.140 e. The second-order valence-corrected chi connectivity index (χ2v) is 8.11. The standard InChI is InChI=1S/C17H28O3/c1-15(2)14(16(15,3)4)13(18)12-5-8-20-17(11-12)6-9-19-10-7-17/h12,14H,5-11H2,1-4H3. The van der Waals surface area contributed by atoms with Gasteiger partial charge in [0.2, 0.25) is 0 Å². The van der Waals surface area contributed by atoms with Gasteiger partial charge in [0.1, 0.15) is 5.78 Å². The summed E-state index contributed by atoms with van der Waals surface area (Å²) >= 11 is 0. The lowest BCUT2D eigenvalue weighted by atomic mass is 9.77. The van der Waals surface area contributed by atoms with E-state index in [0.717, 1.165) is 45.5 Å². The van der Waals surface area contributed by atoms with Gasteiger partial charge in [-0.05, 0) is 36.5 Å². The first-order chi connectivity index (χ1) is 9.30. The van der Waals surface area contributed by atoms with Crippen molar-refractivity contribution in [2.24, 2.45) is 22.7 Å². The Hall–Kier alpha value is -0.410. The summed E-state index contributed by atoms with van der Waals surface area (Å²) in [4.78, 5) is 12.9. The Morgan fingerprint density at radius 2 is 1.60 bits per heavy atom. The number of carbonyl (C=O) groups excluding carboxylic acids is 1. The van der Waals surface area contributed by atoms with E-state index in [4.69, 9.17) is 9.47 Å². The first kappa shape index (κ1) is 14.5. The summed E-state index contributed by atoms with van der Waals surface area (Å²) in [6, 6.07) is 0. The van der Waals surface area contributed by atoms with Crippen molar-refractivity contribution in [1.82, 2.24) is 0 Å². The Bertz CT molecular complexity index is 385. The fourth-order valence-electron chi connectivity index (χ4n) is 4.51. The Morgan fingerprint density at radius 3 is 2.15 bits per heavy atom. The summed E-state index contributed by atoms with van der Waals surface area (Å²) in [5.74, 6) is 0.928. The molecule has 0 amide bonds. The lowest BCUT2D eigenvalue weighted by Gasteiger charge is -2.43. The fourth-order valence-corrected chi connectivity index (χ4v) is 4.51. The van der Waals surface area contributed by atoms with Gasteiger partial charge in [-0.25, -0.2) is 0 Å². The predicted molar refractivity (Wildman–Crippen MR) is 77.5 cm³/mol. The van der Waals surface area contributed by atoms with Crippen LogP contribution in [0.2, 0.25) is 0 Å². The number of ether oxygens (including phenoxy) is 2. The maximum absolute atomic E-state index is 12.9. The van der Waals surface area contributed by atoms with Crippen molar-refractivity contribution >= 4 is 5.78 Å². The molecule has 0 aromatic heterocycles. The Labute approximate surface area is 122 Å². The third kappa shape index (κ3) is 2.05. The maximum atomic E-state index is 12.9. The average molecular weight is 280 g/mol. The molecular weight excluding hydrogens is 252 g/mol. The van der Waals surface area contributed by atoms with Gasteiger partial charge in [-0.3, -0.25) is 4.79 Å². The van der Waals surface area contributed by atoms with Crippen molar-refractivity contribution in [3.8, 4) is 0 Å². The van der Waals surface area contributed by atoms with Gasteiger partial charge < -0.3 is 9.47 Å². The average Bonchev–Trinajstić information content (AvgIpc) is 2.80. The first-order valence-corrected chi connectivity index (χ1v) is 8.06. The van der Waals surface area contributed by atoms with E-state index in [1.165, 1.54) is 0 Å². The zero-order valence-corrected chi connectivity index (χ0v) is 13.3. The zero-order chi connectivity index (χ0) is 14.6. The second kappa shape index (κ2) is 4.54. The molecule has 0 aromatic carbocycles. The molecule has 20 heavy (non-hydrogen) atoms. The van der Waals surface area contributed by atoms with Gasteiger partial charge in [-0.2, -0.15) is 0 Å². The summed E-state index contributed by atoms with van der Waals surface area (Å²) in [5.41, 5.74) is 0.246. The molecule has 0 radical (unpaired) electrons. The van der Waals surface area contributed by atoms with Crippen LogP contribution in [0.4, 0.5) is 0 Å². The van der Waals surface area contributed by atoms with Crippen molar-refractivity contribution in [2.75, 3.05) is 19.8 Å². The minimum Gasteiger partial charge on any atom is -0.381 e. The monoisotopic (exact) mass is 280 g/mol. The molecule has 1 saturated carbocycles. The highest BCUT2D eigenvalue weighted by Gasteiger charge is 2.68. The fraction of sp³-hybridized carbons (Fsp3) is 0.941. The molecule has 2 saturated heterocycles. The van der Waals surface area contributed by atoms with Crippen molar-refractivity contribution < 1.29 is 14.3 Å². The molecule has 3 aliphatic rings. The quantitative estimate of drug-likeness (QED) is 0.779. The molecule has 3 heteroatoms. The molecule has 1 aliphatic carbocycles. The van der Waals surface area contributed by atoms with Crippen LogP contribution in [0.3, 0.4) is 0 Å². The summed E-state index contributed by atoms with van der Waals surface area (Å²) < 4.78 is 11.5. The first-order valence-electron chi connectivity index (χ1n) is 8.06. The predicted octanol–water partition coefficient (Wildman–Crippen LogP) is 3.21. The third-order valence-corrected chi connectivity index (χ3v) is 6.60. The summed E-state index contributed by atoms with van der Waals surface area (Å²) in [5, 5.41) is 0. The molecular formula is C17H28O3. The van der Waals surface area contributed by atoms with E-state index in [2.05, 4.69) is 27.7 Å². The largest absolute Gasteiger partial charge is 0.381 e. The number of Topliss-reactive ketones (excluding diaryl/α,β-unsaturated/α-hetero) is 1. The zero-order valence-electron chi connectivity index (χ0n) is 13.3. The van der Waals surface area contributed by atoms with Gasteiger partial charge in [0, 0.05) is 31.7 Å². The summed E-state index contributed by atoms with van der Waals surface area (Å²) in [6.45, 7) is 11.2. The number of carbonyl (C=O) groups is 1. The van der Waals surface area contributed by atoms with E-state index >= 15 is 0 Å². The van der Waals surface area contributed by atoms with Gasteiger partial charge >= 0.3 is 0 Å². The molecule has 1 atom stereocenters. The topological polar surface area (TPSA) is 35.5 Å². The van der Waals surface area contributed by atoms with E-state index in [9.17, 15) is 4.79 Å². The molecule has 0 N–H and O–H groups in total. The summed E-state index contributed by atoms with van der Waals surface area (Å²) in [6.07, 6.45) is 3.73. The van der Waals surface area contributed by atoms with E-state index < -0.39 is 0 Å². The van der Waals surface area contributed by atoms with Crippen LogP contribution in [-0.2, 0) is 14.3 Å². The molecule has 3 fully saturated rings. The Morgan fingerprint density at radius 1 is 1.00 bits per heavy atom. The minimum absolute atomic E-state index is 0.0694. The second-order valence-electron chi connectivity index (χ2n) is 8.11. The highest BCUT2D eigenvalue weighted by molar-refractivity contribution is 5.88. The molecule has 3 rings (SSSR count). The minimum atomic E-state index is -0.0694. The molecule has 114 valence electrons. The van der Waals surface area contributed by atoms with Crippen LogP contribution < -0.4 is 0 Å². The van der Waals surface area contributed by atoms with Crippen LogP contribution in [0.15, 0.2) is 0 Å². The molecule has 3 nitrogen and oxygen atoms in total. The van der Waals surface area contributed by atoms with Crippen LogP contribution in [0, 0.1) is 22.7 Å². The lowest BCUT2D eigenvalue weighted by Crippen LogP contribution is -2.46. The van der Waals surface area contributed by atoms with Crippen LogP contribution in [-0.4, -0.2) is 31.2 Å². The molecule has 0 bridgehead atoms.